The number of rotatable bonds is 3. The first-order valence-corrected chi connectivity index (χ1v) is 5.61. The van der Waals surface area contributed by atoms with E-state index in [0.29, 0.717) is 0 Å². The zero-order chi connectivity index (χ0) is 13.2. The van der Waals surface area contributed by atoms with Crippen LogP contribution in [0, 0.1) is 17.0 Å². The van der Waals surface area contributed by atoms with Gasteiger partial charge in [-0.25, -0.2) is 8.78 Å². The minimum absolute atomic E-state index is 0. The Morgan fingerprint density at radius 1 is 1.28 bits per heavy atom. The molecule has 0 aliphatic carbocycles. The van der Waals surface area contributed by atoms with Crippen molar-refractivity contribution in [1.29, 1.82) is 0 Å². The molecule has 18 heavy (non-hydrogen) atoms. The number of aliphatic hydroxyl groups is 1. The van der Waals surface area contributed by atoms with Gasteiger partial charge in [0.05, 0.1) is 6.10 Å². The van der Waals surface area contributed by atoms with Crippen LogP contribution in [0.25, 0.3) is 0 Å². The van der Waals surface area contributed by atoms with E-state index in [4.69, 9.17) is 5.73 Å². The summed E-state index contributed by atoms with van der Waals surface area (Å²) in [6.45, 7) is 5.81. The van der Waals surface area contributed by atoms with E-state index < -0.39 is 17.7 Å². The first-order chi connectivity index (χ1) is 7.73. The average Bonchev–Trinajstić information content (AvgIpc) is 2.20. The Hall–Kier alpha value is -0.710. The molecule has 0 radical (unpaired) electrons. The van der Waals surface area contributed by atoms with Crippen LogP contribution in [0.15, 0.2) is 18.2 Å². The lowest BCUT2D eigenvalue weighted by molar-refractivity contribution is 0.129. The highest BCUT2D eigenvalue weighted by Crippen LogP contribution is 2.28. The minimum Gasteiger partial charge on any atom is -0.388 e. The van der Waals surface area contributed by atoms with Crippen molar-refractivity contribution in [2.75, 3.05) is 0 Å². The van der Waals surface area contributed by atoms with Gasteiger partial charge in [-0.1, -0.05) is 32.9 Å². The summed E-state index contributed by atoms with van der Waals surface area (Å²) in [6.07, 6.45) is -0.885. The van der Waals surface area contributed by atoms with Crippen LogP contribution in [0.2, 0.25) is 0 Å². The fourth-order valence-corrected chi connectivity index (χ4v) is 1.50. The van der Waals surface area contributed by atoms with Gasteiger partial charge >= 0.3 is 0 Å². The summed E-state index contributed by atoms with van der Waals surface area (Å²) in [7, 11) is 0. The number of benzene rings is 1. The zero-order valence-electron chi connectivity index (χ0n) is 10.8. The molecular formula is C13H20ClF2NO. The molecular weight excluding hydrogens is 260 g/mol. The van der Waals surface area contributed by atoms with Gasteiger partial charge in [-0.2, -0.15) is 0 Å². The molecule has 3 N–H and O–H groups in total. The Balaban J connectivity index is 0.00000289. The predicted octanol–water partition coefficient (Wildman–Crippen LogP) is 3.18. The summed E-state index contributed by atoms with van der Waals surface area (Å²) in [5, 5.41) is 9.87. The molecule has 0 aromatic heterocycles. The van der Waals surface area contributed by atoms with E-state index in [9.17, 15) is 13.9 Å². The molecule has 0 saturated carbocycles. The van der Waals surface area contributed by atoms with Crippen molar-refractivity contribution in [3.05, 3.63) is 35.4 Å². The summed E-state index contributed by atoms with van der Waals surface area (Å²) in [5.74, 6) is -1.95. The molecule has 0 fully saturated rings. The van der Waals surface area contributed by atoms with E-state index in [-0.39, 0.29) is 35.8 Å². The number of hydrogen-bond donors (Lipinski definition) is 2. The molecule has 104 valence electrons. The second-order valence-corrected chi connectivity index (χ2v) is 5.37. The van der Waals surface area contributed by atoms with Crippen molar-refractivity contribution in [2.45, 2.75) is 39.3 Å². The maximum absolute atomic E-state index is 13.4. The van der Waals surface area contributed by atoms with E-state index >= 15 is 0 Å². The van der Waals surface area contributed by atoms with Crippen molar-refractivity contribution in [2.24, 2.45) is 11.1 Å². The number of hydrogen-bond acceptors (Lipinski definition) is 2. The molecule has 1 aromatic carbocycles. The van der Waals surface area contributed by atoms with Gasteiger partial charge in [0.1, 0.15) is 0 Å². The largest absolute Gasteiger partial charge is 0.388 e. The van der Waals surface area contributed by atoms with E-state index in [2.05, 4.69) is 0 Å². The van der Waals surface area contributed by atoms with Crippen molar-refractivity contribution in [3.8, 4) is 0 Å². The molecule has 2 nitrogen and oxygen atoms in total. The molecule has 2 atom stereocenters. The molecule has 0 heterocycles. The first kappa shape index (κ1) is 17.3. The summed E-state index contributed by atoms with van der Waals surface area (Å²) >= 11 is 0. The van der Waals surface area contributed by atoms with Crippen molar-refractivity contribution < 1.29 is 13.9 Å². The molecule has 1 rings (SSSR count). The van der Waals surface area contributed by atoms with Crippen LogP contribution in [0.1, 0.15) is 38.9 Å². The quantitative estimate of drug-likeness (QED) is 0.893. The number of aliphatic hydroxyl groups excluding tert-OH is 1. The zero-order valence-corrected chi connectivity index (χ0v) is 11.6. The molecule has 0 aliphatic heterocycles. The normalized spacial score (nSPS) is 14.8. The molecule has 5 heteroatoms. The van der Waals surface area contributed by atoms with Gasteiger partial charge in [-0.05, 0) is 17.9 Å². The van der Waals surface area contributed by atoms with Gasteiger partial charge in [0.15, 0.2) is 11.6 Å². The Morgan fingerprint density at radius 2 is 1.83 bits per heavy atom. The van der Waals surface area contributed by atoms with Gasteiger partial charge in [0.2, 0.25) is 0 Å². The fraction of sp³-hybridized carbons (Fsp3) is 0.538. The molecule has 0 aliphatic rings. The molecule has 0 saturated heterocycles. The topological polar surface area (TPSA) is 46.2 Å². The average molecular weight is 280 g/mol. The third-order valence-electron chi connectivity index (χ3n) is 2.93. The van der Waals surface area contributed by atoms with Crippen LogP contribution in [0.4, 0.5) is 8.78 Å². The summed E-state index contributed by atoms with van der Waals surface area (Å²) < 4.78 is 26.4. The predicted molar refractivity (Wildman–Crippen MR) is 70.6 cm³/mol. The Morgan fingerprint density at radius 3 is 2.33 bits per heavy atom. The smallest absolute Gasteiger partial charge is 0.164 e. The second-order valence-electron chi connectivity index (χ2n) is 5.37. The molecule has 0 unspecified atom stereocenters. The number of halogens is 3. The SMILES string of the molecule is CC(C)(C)[C@@H](N)C[C@H](O)c1cccc(F)c1F.Cl. The summed E-state index contributed by atoms with van der Waals surface area (Å²) in [6, 6.07) is 3.48. The standard InChI is InChI=1S/C13H19F2NO.ClH/c1-13(2,3)11(16)7-10(17)8-5-4-6-9(14)12(8)15;/h4-6,10-11,17H,7,16H2,1-3H3;1H/t10-,11-;/m0./s1. The molecule has 1 aromatic rings. The Bertz CT molecular complexity index is 393. The van der Waals surface area contributed by atoms with Crippen LogP contribution in [-0.2, 0) is 0 Å². The third-order valence-corrected chi connectivity index (χ3v) is 2.93. The second kappa shape index (κ2) is 6.45. The van der Waals surface area contributed by atoms with Gasteiger partial charge in [0, 0.05) is 11.6 Å². The van der Waals surface area contributed by atoms with Crippen molar-refractivity contribution in [3.63, 3.8) is 0 Å². The maximum Gasteiger partial charge on any atom is 0.164 e. The third kappa shape index (κ3) is 4.19. The van der Waals surface area contributed by atoms with Crippen LogP contribution < -0.4 is 5.73 Å². The van der Waals surface area contributed by atoms with Crippen molar-refractivity contribution >= 4 is 12.4 Å². The maximum atomic E-state index is 13.4. The summed E-state index contributed by atoms with van der Waals surface area (Å²) in [4.78, 5) is 0. The van der Waals surface area contributed by atoms with Gasteiger partial charge < -0.3 is 10.8 Å². The number of nitrogens with two attached hydrogens (primary N) is 1. The lowest BCUT2D eigenvalue weighted by atomic mass is 9.83. The molecule has 0 bridgehead atoms. The Labute approximate surface area is 113 Å². The van der Waals surface area contributed by atoms with Crippen LogP contribution in [0.3, 0.4) is 0 Å². The van der Waals surface area contributed by atoms with E-state index in [1.165, 1.54) is 12.1 Å². The highest BCUT2D eigenvalue weighted by Gasteiger charge is 2.25. The Kier molecular flexibility index (Phi) is 6.20. The van der Waals surface area contributed by atoms with E-state index in [0.717, 1.165) is 6.07 Å². The summed E-state index contributed by atoms with van der Waals surface area (Å²) in [5.41, 5.74) is 5.67. The molecule has 0 amide bonds. The first-order valence-electron chi connectivity index (χ1n) is 5.61. The van der Waals surface area contributed by atoms with E-state index in [1.54, 1.807) is 0 Å². The molecule has 0 spiro atoms. The van der Waals surface area contributed by atoms with Gasteiger partial charge in [-0.15, -0.1) is 12.4 Å². The highest BCUT2D eigenvalue weighted by atomic mass is 35.5. The van der Waals surface area contributed by atoms with Crippen LogP contribution in [0.5, 0.6) is 0 Å². The van der Waals surface area contributed by atoms with Crippen molar-refractivity contribution in [1.82, 2.24) is 0 Å². The van der Waals surface area contributed by atoms with Crippen LogP contribution >= 0.6 is 12.4 Å². The van der Waals surface area contributed by atoms with E-state index in [1.807, 2.05) is 20.8 Å². The van der Waals surface area contributed by atoms with Gasteiger partial charge in [0.25, 0.3) is 0 Å². The minimum atomic E-state index is -1.08. The lowest BCUT2D eigenvalue weighted by Crippen LogP contribution is -2.36. The monoisotopic (exact) mass is 279 g/mol. The lowest BCUT2D eigenvalue weighted by Gasteiger charge is -2.29. The van der Waals surface area contributed by atoms with Gasteiger partial charge in [-0.3, -0.25) is 0 Å². The fourth-order valence-electron chi connectivity index (χ4n) is 1.50. The highest BCUT2D eigenvalue weighted by molar-refractivity contribution is 5.85. The van der Waals surface area contributed by atoms with Crippen LogP contribution in [-0.4, -0.2) is 11.1 Å².